The maximum absolute atomic E-state index is 9.49. The quantitative estimate of drug-likeness (QED) is 0.631. The van der Waals surface area contributed by atoms with Crippen molar-refractivity contribution in [3.8, 4) is 0 Å². The van der Waals surface area contributed by atoms with Gasteiger partial charge in [0.05, 0.1) is 24.3 Å². The van der Waals surface area contributed by atoms with Gasteiger partial charge in [0.2, 0.25) is 0 Å². The topological polar surface area (TPSA) is 73.6 Å². The highest BCUT2D eigenvalue weighted by molar-refractivity contribution is 6.18. The normalized spacial score (nSPS) is 15.1. The molecule has 0 amide bonds. The molecule has 78 valence electrons. The molecule has 4 nitrogen and oxygen atoms in total. The number of rotatable bonds is 4. The first-order valence-corrected chi connectivity index (χ1v) is 4.70. The summed E-state index contributed by atoms with van der Waals surface area (Å²) in [4.78, 5) is 3.89. The molecule has 0 aliphatic carbocycles. The second kappa shape index (κ2) is 5.26. The largest absolute Gasteiger partial charge is 0.392 e. The molecule has 1 rings (SSSR count). The fourth-order valence-electron chi connectivity index (χ4n) is 0.986. The number of pyridine rings is 1. The molecule has 0 bridgehead atoms. The van der Waals surface area contributed by atoms with Crippen molar-refractivity contribution in [2.24, 2.45) is 0 Å². The summed E-state index contributed by atoms with van der Waals surface area (Å²) in [6.07, 6.45) is -0.663. The second-order valence-corrected chi connectivity index (χ2v) is 3.22. The van der Waals surface area contributed by atoms with Gasteiger partial charge in [-0.05, 0) is 11.6 Å². The van der Waals surface area contributed by atoms with Crippen LogP contribution in [0.4, 0.5) is 0 Å². The molecule has 0 radical (unpaired) electrons. The van der Waals surface area contributed by atoms with Crippen LogP contribution >= 0.6 is 11.6 Å². The lowest BCUT2D eigenvalue weighted by molar-refractivity contribution is 0.0299. The monoisotopic (exact) mass is 217 g/mol. The van der Waals surface area contributed by atoms with E-state index in [9.17, 15) is 10.2 Å². The first-order chi connectivity index (χ1) is 6.69. The third kappa shape index (κ3) is 2.65. The van der Waals surface area contributed by atoms with Gasteiger partial charge in [0.15, 0.2) is 0 Å². The van der Waals surface area contributed by atoms with E-state index in [2.05, 4.69) is 4.98 Å². The van der Waals surface area contributed by atoms with E-state index in [4.69, 9.17) is 16.7 Å². The van der Waals surface area contributed by atoms with E-state index in [1.807, 2.05) is 0 Å². The Bertz CT molecular complexity index is 278. The minimum atomic E-state index is -1.08. The lowest BCUT2D eigenvalue weighted by atomic mass is 10.1. The van der Waals surface area contributed by atoms with Crippen molar-refractivity contribution in [3.63, 3.8) is 0 Å². The van der Waals surface area contributed by atoms with Crippen LogP contribution < -0.4 is 0 Å². The molecule has 14 heavy (non-hydrogen) atoms. The zero-order chi connectivity index (χ0) is 10.6. The summed E-state index contributed by atoms with van der Waals surface area (Å²) < 4.78 is 0. The highest BCUT2D eigenvalue weighted by atomic mass is 35.5. The predicted octanol–water partition coefficient (Wildman–Crippen LogP) is 0.207. The molecule has 0 fully saturated rings. The van der Waals surface area contributed by atoms with Crippen LogP contribution in [-0.4, -0.2) is 32.3 Å². The minimum Gasteiger partial charge on any atom is -0.392 e. The Kier molecular flexibility index (Phi) is 4.28. The number of hydrogen-bond acceptors (Lipinski definition) is 4. The molecule has 0 spiro atoms. The van der Waals surface area contributed by atoms with Crippen LogP contribution in [0.3, 0.4) is 0 Å². The number of aliphatic hydroxyl groups is 3. The van der Waals surface area contributed by atoms with Crippen molar-refractivity contribution in [2.75, 3.05) is 5.88 Å². The van der Waals surface area contributed by atoms with Crippen molar-refractivity contribution in [3.05, 3.63) is 29.6 Å². The predicted molar refractivity (Wildman–Crippen MR) is 51.8 cm³/mol. The molecule has 0 saturated carbocycles. The molecule has 2 unspecified atom stereocenters. The smallest absolute Gasteiger partial charge is 0.123 e. The van der Waals surface area contributed by atoms with Crippen LogP contribution in [0.1, 0.15) is 17.4 Å². The summed E-state index contributed by atoms with van der Waals surface area (Å²) in [5, 5.41) is 27.5. The van der Waals surface area contributed by atoms with Crippen molar-refractivity contribution in [1.82, 2.24) is 4.98 Å². The summed E-state index contributed by atoms with van der Waals surface area (Å²) >= 11 is 5.38. The van der Waals surface area contributed by atoms with Gasteiger partial charge in [0.1, 0.15) is 6.10 Å². The van der Waals surface area contributed by atoms with E-state index in [0.717, 1.165) is 0 Å². The summed E-state index contributed by atoms with van der Waals surface area (Å²) in [7, 11) is 0. The van der Waals surface area contributed by atoms with Gasteiger partial charge >= 0.3 is 0 Å². The zero-order valence-electron chi connectivity index (χ0n) is 7.47. The molecule has 1 aromatic heterocycles. The molecule has 0 saturated heterocycles. The summed E-state index contributed by atoms with van der Waals surface area (Å²) in [6.45, 7) is -0.0958. The maximum Gasteiger partial charge on any atom is 0.123 e. The maximum atomic E-state index is 9.49. The van der Waals surface area contributed by atoms with E-state index in [1.165, 1.54) is 6.20 Å². The average Bonchev–Trinajstić information content (AvgIpc) is 2.27. The summed E-state index contributed by atoms with van der Waals surface area (Å²) in [5.41, 5.74) is 0.997. The van der Waals surface area contributed by atoms with Crippen LogP contribution in [0.25, 0.3) is 0 Å². The standard InChI is InChI=1S/C9H12ClNO3/c10-3-8(13)9(14)7-2-1-6(5-12)4-11-7/h1-2,4,8-9,12-14H,3,5H2. The van der Waals surface area contributed by atoms with Crippen LogP contribution in [0.15, 0.2) is 18.3 Å². The van der Waals surface area contributed by atoms with Gasteiger partial charge in [0.25, 0.3) is 0 Å². The first-order valence-electron chi connectivity index (χ1n) is 4.16. The number of nitrogens with zero attached hydrogens (tertiary/aromatic N) is 1. The van der Waals surface area contributed by atoms with E-state index in [1.54, 1.807) is 12.1 Å². The lowest BCUT2D eigenvalue weighted by Crippen LogP contribution is -2.20. The SMILES string of the molecule is OCc1ccc(C(O)C(O)CCl)nc1. The van der Waals surface area contributed by atoms with E-state index >= 15 is 0 Å². The summed E-state index contributed by atoms with van der Waals surface area (Å²) in [6, 6.07) is 3.18. The Hall–Kier alpha value is -0.680. The Balaban J connectivity index is 2.75. The van der Waals surface area contributed by atoms with Crippen LogP contribution in [-0.2, 0) is 6.61 Å². The van der Waals surface area contributed by atoms with Crippen molar-refractivity contribution in [2.45, 2.75) is 18.8 Å². The number of aliphatic hydroxyl groups excluding tert-OH is 3. The van der Waals surface area contributed by atoms with Crippen molar-refractivity contribution < 1.29 is 15.3 Å². The Morgan fingerprint density at radius 2 is 2.07 bits per heavy atom. The van der Waals surface area contributed by atoms with Crippen LogP contribution in [0.5, 0.6) is 0 Å². The molecule has 3 N–H and O–H groups in total. The molecular weight excluding hydrogens is 206 g/mol. The lowest BCUT2D eigenvalue weighted by Gasteiger charge is -2.14. The third-order valence-corrected chi connectivity index (χ3v) is 2.17. The molecule has 1 aromatic rings. The molecular formula is C9H12ClNO3. The van der Waals surface area contributed by atoms with Gasteiger partial charge in [-0.2, -0.15) is 0 Å². The average molecular weight is 218 g/mol. The molecule has 5 heteroatoms. The fourth-order valence-corrected chi connectivity index (χ4v) is 1.15. The molecule has 1 heterocycles. The molecule has 0 aliphatic rings. The van der Waals surface area contributed by atoms with Gasteiger partial charge in [-0.25, -0.2) is 0 Å². The van der Waals surface area contributed by atoms with Gasteiger partial charge in [0, 0.05) is 6.20 Å². The van der Waals surface area contributed by atoms with Gasteiger partial charge in [-0.3, -0.25) is 4.98 Å². The number of aromatic nitrogens is 1. The molecule has 0 aliphatic heterocycles. The number of halogens is 1. The van der Waals surface area contributed by atoms with Crippen molar-refractivity contribution in [1.29, 1.82) is 0 Å². The van der Waals surface area contributed by atoms with Gasteiger partial charge < -0.3 is 15.3 Å². The second-order valence-electron chi connectivity index (χ2n) is 2.92. The number of hydrogen-bond donors (Lipinski definition) is 3. The fraction of sp³-hybridized carbons (Fsp3) is 0.444. The zero-order valence-corrected chi connectivity index (χ0v) is 8.22. The van der Waals surface area contributed by atoms with E-state index < -0.39 is 12.2 Å². The first kappa shape index (κ1) is 11.4. The van der Waals surface area contributed by atoms with Crippen LogP contribution in [0.2, 0.25) is 0 Å². The van der Waals surface area contributed by atoms with Crippen LogP contribution in [0, 0.1) is 0 Å². The van der Waals surface area contributed by atoms with Gasteiger partial charge in [-0.15, -0.1) is 11.6 Å². The van der Waals surface area contributed by atoms with E-state index in [-0.39, 0.29) is 12.5 Å². The minimum absolute atomic E-state index is 0.0510. The van der Waals surface area contributed by atoms with Gasteiger partial charge in [-0.1, -0.05) is 6.07 Å². The Morgan fingerprint density at radius 3 is 2.50 bits per heavy atom. The number of alkyl halides is 1. The van der Waals surface area contributed by atoms with E-state index in [0.29, 0.717) is 11.3 Å². The van der Waals surface area contributed by atoms with Crippen molar-refractivity contribution >= 4 is 11.6 Å². The third-order valence-electron chi connectivity index (χ3n) is 1.86. The molecule has 2 atom stereocenters. The highest BCUT2D eigenvalue weighted by Gasteiger charge is 2.18. The summed E-state index contributed by atoms with van der Waals surface area (Å²) in [5.74, 6) is -0.0510. The highest BCUT2D eigenvalue weighted by Crippen LogP contribution is 2.15. The Labute approximate surface area is 86.8 Å². The Morgan fingerprint density at radius 1 is 1.36 bits per heavy atom. The molecule has 0 aromatic carbocycles.